The molecule has 1 aliphatic heterocycles. The molecule has 1 fully saturated rings. The van der Waals surface area contributed by atoms with E-state index in [9.17, 15) is 13.2 Å². The van der Waals surface area contributed by atoms with E-state index in [1.807, 2.05) is 24.3 Å². The standard InChI is InChI=1S/C21H26ClN3O3S/c1-17(19-9-5-6-10-20(19)22)24-13-15-25(16-14-24)21(26)11-12-23-29(27,28)18-7-3-2-4-8-18/h2-10,17,23H,11-16H2,1H3. The highest BCUT2D eigenvalue weighted by molar-refractivity contribution is 7.89. The molecule has 1 aliphatic rings. The number of hydrogen-bond donors (Lipinski definition) is 1. The fraction of sp³-hybridized carbons (Fsp3) is 0.381. The van der Waals surface area contributed by atoms with Crippen LogP contribution in [-0.2, 0) is 14.8 Å². The van der Waals surface area contributed by atoms with Gasteiger partial charge in [0.15, 0.2) is 0 Å². The zero-order valence-corrected chi connectivity index (χ0v) is 18.0. The molecular formula is C21H26ClN3O3S. The van der Waals surface area contributed by atoms with Crippen molar-refractivity contribution in [1.29, 1.82) is 0 Å². The van der Waals surface area contributed by atoms with Crippen molar-refractivity contribution in [3.63, 3.8) is 0 Å². The predicted octanol–water partition coefficient (Wildman–Crippen LogP) is 2.91. The van der Waals surface area contributed by atoms with Gasteiger partial charge in [0.25, 0.3) is 0 Å². The number of amides is 1. The molecule has 1 amide bonds. The van der Waals surface area contributed by atoms with Gasteiger partial charge in [-0.3, -0.25) is 9.69 Å². The van der Waals surface area contributed by atoms with Crippen LogP contribution in [0.1, 0.15) is 24.9 Å². The van der Waals surface area contributed by atoms with Gasteiger partial charge < -0.3 is 4.90 Å². The van der Waals surface area contributed by atoms with E-state index >= 15 is 0 Å². The van der Waals surface area contributed by atoms with E-state index in [0.717, 1.165) is 23.7 Å². The van der Waals surface area contributed by atoms with E-state index in [-0.39, 0.29) is 29.8 Å². The molecule has 3 rings (SSSR count). The molecular weight excluding hydrogens is 410 g/mol. The highest BCUT2D eigenvalue weighted by Crippen LogP contribution is 2.27. The first-order valence-electron chi connectivity index (χ1n) is 9.69. The number of carbonyl (C=O) groups excluding carboxylic acids is 1. The highest BCUT2D eigenvalue weighted by atomic mass is 35.5. The van der Waals surface area contributed by atoms with Crippen molar-refractivity contribution < 1.29 is 13.2 Å². The average Bonchev–Trinajstić information content (AvgIpc) is 2.74. The summed E-state index contributed by atoms with van der Waals surface area (Å²) in [4.78, 5) is 16.8. The molecule has 0 aliphatic carbocycles. The lowest BCUT2D eigenvalue weighted by Gasteiger charge is -2.38. The van der Waals surface area contributed by atoms with Crippen molar-refractivity contribution in [3.8, 4) is 0 Å². The minimum absolute atomic E-state index is 0.0363. The van der Waals surface area contributed by atoms with E-state index in [1.54, 1.807) is 23.1 Å². The molecule has 6 nitrogen and oxygen atoms in total. The summed E-state index contributed by atoms with van der Waals surface area (Å²) in [5.41, 5.74) is 1.09. The maximum atomic E-state index is 12.5. The summed E-state index contributed by atoms with van der Waals surface area (Å²) in [5.74, 6) is -0.0363. The highest BCUT2D eigenvalue weighted by Gasteiger charge is 2.25. The lowest BCUT2D eigenvalue weighted by Crippen LogP contribution is -2.49. The zero-order valence-electron chi connectivity index (χ0n) is 16.4. The largest absolute Gasteiger partial charge is 0.340 e. The summed E-state index contributed by atoms with van der Waals surface area (Å²) in [6.07, 6.45) is 0.145. The van der Waals surface area contributed by atoms with Crippen LogP contribution in [0.3, 0.4) is 0 Å². The Hall–Kier alpha value is -1.93. The van der Waals surface area contributed by atoms with Crippen molar-refractivity contribution >= 4 is 27.5 Å². The number of halogens is 1. The summed E-state index contributed by atoms with van der Waals surface area (Å²) in [6, 6.07) is 16.2. The van der Waals surface area contributed by atoms with Gasteiger partial charge in [0, 0.05) is 50.2 Å². The number of piperazine rings is 1. The van der Waals surface area contributed by atoms with Gasteiger partial charge in [-0.1, -0.05) is 48.0 Å². The van der Waals surface area contributed by atoms with E-state index in [1.165, 1.54) is 12.1 Å². The molecule has 2 aromatic rings. The van der Waals surface area contributed by atoms with Gasteiger partial charge in [-0.15, -0.1) is 0 Å². The summed E-state index contributed by atoms with van der Waals surface area (Å²) >= 11 is 6.31. The summed E-state index contributed by atoms with van der Waals surface area (Å²) in [5, 5.41) is 0.754. The van der Waals surface area contributed by atoms with Gasteiger partial charge in [-0.05, 0) is 30.7 Å². The van der Waals surface area contributed by atoms with E-state index < -0.39 is 10.0 Å². The van der Waals surface area contributed by atoms with E-state index in [2.05, 4.69) is 16.5 Å². The van der Waals surface area contributed by atoms with Gasteiger partial charge in [-0.2, -0.15) is 0 Å². The molecule has 1 atom stereocenters. The molecule has 1 saturated heterocycles. The van der Waals surface area contributed by atoms with Crippen molar-refractivity contribution in [2.24, 2.45) is 0 Å². The Bertz CT molecular complexity index is 929. The summed E-state index contributed by atoms with van der Waals surface area (Å²) in [7, 11) is -3.58. The van der Waals surface area contributed by atoms with Gasteiger partial charge in [0.2, 0.25) is 15.9 Å². The van der Waals surface area contributed by atoms with Crippen LogP contribution in [0.25, 0.3) is 0 Å². The van der Waals surface area contributed by atoms with Crippen LogP contribution < -0.4 is 4.72 Å². The summed E-state index contributed by atoms with van der Waals surface area (Å²) < 4.78 is 26.9. The minimum atomic E-state index is -3.58. The third-order valence-electron chi connectivity index (χ3n) is 5.25. The second kappa shape index (κ2) is 9.71. The van der Waals surface area contributed by atoms with Crippen LogP contribution in [0.15, 0.2) is 59.5 Å². The Morgan fingerprint density at radius 3 is 2.31 bits per heavy atom. The molecule has 156 valence electrons. The van der Waals surface area contributed by atoms with Gasteiger partial charge >= 0.3 is 0 Å². The number of hydrogen-bond acceptors (Lipinski definition) is 4. The number of sulfonamides is 1. The molecule has 1 N–H and O–H groups in total. The quantitative estimate of drug-likeness (QED) is 0.726. The Morgan fingerprint density at radius 1 is 1.03 bits per heavy atom. The van der Waals surface area contributed by atoms with Gasteiger partial charge in [0.05, 0.1) is 4.90 Å². The summed E-state index contributed by atoms with van der Waals surface area (Å²) in [6.45, 7) is 4.98. The first-order chi connectivity index (χ1) is 13.9. The Kier molecular flexibility index (Phi) is 7.29. The molecule has 0 aromatic heterocycles. The van der Waals surface area contributed by atoms with Crippen molar-refractivity contribution in [2.45, 2.75) is 24.3 Å². The molecule has 0 radical (unpaired) electrons. The first-order valence-corrected chi connectivity index (χ1v) is 11.6. The molecule has 0 spiro atoms. The fourth-order valence-electron chi connectivity index (χ4n) is 3.50. The second-order valence-corrected chi connectivity index (χ2v) is 9.25. The van der Waals surface area contributed by atoms with Crippen LogP contribution >= 0.6 is 11.6 Å². The maximum absolute atomic E-state index is 12.5. The number of benzene rings is 2. The van der Waals surface area contributed by atoms with Crippen LogP contribution in [0, 0.1) is 0 Å². The first kappa shape index (κ1) is 21.8. The molecule has 0 saturated carbocycles. The minimum Gasteiger partial charge on any atom is -0.340 e. The average molecular weight is 436 g/mol. The van der Waals surface area contributed by atoms with E-state index in [4.69, 9.17) is 11.6 Å². The second-order valence-electron chi connectivity index (χ2n) is 7.08. The Morgan fingerprint density at radius 2 is 1.66 bits per heavy atom. The number of nitrogens with one attached hydrogen (secondary N) is 1. The predicted molar refractivity (Wildman–Crippen MR) is 114 cm³/mol. The van der Waals surface area contributed by atoms with Crippen molar-refractivity contribution in [1.82, 2.24) is 14.5 Å². The molecule has 0 bridgehead atoms. The molecule has 1 heterocycles. The Balaban J connectivity index is 1.46. The third-order valence-corrected chi connectivity index (χ3v) is 7.08. The number of rotatable bonds is 7. The van der Waals surface area contributed by atoms with Crippen LogP contribution in [-0.4, -0.2) is 56.8 Å². The van der Waals surface area contributed by atoms with E-state index in [0.29, 0.717) is 13.1 Å². The number of carbonyl (C=O) groups is 1. The van der Waals surface area contributed by atoms with Crippen molar-refractivity contribution in [3.05, 3.63) is 65.2 Å². The fourth-order valence-corrected chi connectivity index (χ4v) is 4.85. The maximum Gasteiger partial charge on any atom is 0.240 e. The van der Waals surface area contributed by atoms with Gasteiger partial charge in [-0.25, -0.2) is 13.1 Å². The molecule has 8 heteroatoms. The number of nitrogens with zero attached hydrogens (tertiary/aromatic N) is 2. The van der Waals surface area contributed by atoms with Crippen molar-refractivity contribution in [2.75, 3.05) is 32.7 Å². The lowest BCUT2D eigenvalue weighted by molar-refractivity contribution is -0.133. The van der Waals surface area contributed by atoms with Crippen LogP contribution in [0.4, 0.5) is 0 Å². The normalized spacial score (nSPS) is 16.6. The molecule has 1 unspecified atom stereocenters. The topological polar surface area (TPSA) is 69.7 Å². The van der Waals surface area contributed by atoms with Gasteiger partial charge in [0.1, 0.15) is 0 Å². The monoisotopic (exact) mass is 435 g/mol. The zero-order chi connectivity index (χ0) is 20.9. The SMILES string of the molecule is CC(c1ccccc1Cl)N1CCN(C(=O)CCNS(=O)(=O)c2ccccc2)CC1. The van der Waals surface area contributed by atoms with Crippen LogP contribution in [0.2, 0.25) is 5.02 Å². The molecule has 29 heavy (non-hydrogen) atoms. The Labute approximate surface area is 177 Å². The smallest absolute Gasteiger partial charge is 0.240 e. The third kappa shape index (κ3) is 5.57. The van der Waals surface area contributed by atoms with Crippen LogP contribution in [0.5, 0.6) is 0 Å². The lowest BCUT2D eigenvalue weighted by atomic mass is 10.1. The molecule has 2 aromatic carbocycles.